The number of rotatable bonds is 5. The fraction of sp³-hybridized carbons (Fsp3) is 0.500. The van der Waals surface area contributed by atoms with Crippen molar-refractivity contribution in [1.29, 1.82) is 0 Å². The number of carbonyl (C=O) groups is 2. The zero-order valence-corrected chi connectivity index (χ0v) is 13.3. The van der Waals surface area contributed by atoms with Crippen molar-refractivity contribution in [3.8, 4) is 5.75 Å². The maximum atomic E-state index is 12.3. The normalized spacial score (nSPS) is 16.8. The Kier molecular flexibility index (Phi) is 5.29. The molecule has 22 heavy (non-hydrogen) atoms. The highest BCUT2D eigenvalue weighted by Crippen LogP contribution is 2.36. The largest absolute Gasteiger partial charge is 0.496 e. The number of hydrogen-bond acceptors (Lipinski definition) is 3. The van der Waals surface area contributed by atoms with Crippen molar-refractivity contribution in [3.05, 3.63) is 28.8 Å². The second kappa shape index (κ2) is 7.01. The predicted octanol–water partition coefficient (Wildman–Crippen LogP) is 3.11. The minimum atomic E-state index is -0.854. The Morgan fingerprint density at radius 1 is 1.32 bits per heavy atom. The molecule has 1 amide bonds. The van der Waals surface area contributed by atoms with Gasteiger partial charge in [-0.05, 0) is 31.0 Å². The van der Waals surface area contributed by atoms with Gasteiger partial charge in [-0.2, -0.15) is 0 Å². The second-order valence-corrected chi connectivity index (χ2v) is 6.11. The fourth-order valence-corrected chi connectivity index (χ4v) is 3.05. The zero-order valence-electron chi connectivity index (χ0n) is 12.5. The number of carboxylic acid groups (broad SMARTS) is 1. The molecule has 0 aliphatic heterocycles. The number of carbonyl (C=O) groups excluding carboxylic acids is 1. The van der Waals surface area contributed by atoms with Crippen molar-refractivity contribution in [1.82, 2.24) is 5.32 Å². The number of carboxylic acids is 1. The highest BCUT2D eigenvalue weighted by molar-refractivity contribution is 6.30. The Labute approximate surface area is 134 Å². The quantitative estimate of drug-likeness (QED) is 0.872. The number of halogens is 1. The number of nitrogens with one attached hydrogen (secondary N) is 1. The van der Waals surface area contributed by atoms with Gasteiger partial charge in [0.25, 0.3) is 5.91 Å². The molecule has 0 radical (unpaired) electrons. The molecule has 6 heteroatoms. The number of aliphatic carboxylic acids is 1. The van der Waals surface area contributed by atoms with Crippen LogP contribution in [0.1, 0.15) is 42.5 Å². The molecule has 1 aromatic rings. The van der Waals surface area contributed by atoms with Crippen LogP contribution in [0.25, 0.3) is 0 Å². The summed E-state index contributed by atoms with van der Waals surface area (Å²) < 4.78 is 5.15. The summed E-state index contributed by atoms with van der Waals surface area (Å²) in [4.78, 5) is 23.9. The molecule has 0 aromatic heterocycles. The summed E-state index contributed by atoms with van der Waals surface area (Å²) in [5, 5.41) is 12.7. The van der Waals surface area contributed by atoms with E-state index in [1.54, 1.807) is 18.2 Å². The average Bonchev–Trinajstić information content (AvgIpc) is 2.53. The lowest BCUT2D eigenvalue weighted by molar-refractivity contribution is -0.150. The fourth-order valence-electron chi connectivity index (χ4n) is 2.89. The molecule has 2 rings (SSSR count). The monoisotopic (exact) mass is 325 g/mol. The van der Waals surface area contributed by atoms with Crippen LogP contribution in [0.2, 0.25) is 5.02 Å². The van der Waals surface area contributed by atoms with Gasteiger partial charge in [-0.3, -0.25) is 9.59 Å². The number of hydrogen-bond donors (Lipinski definition) is 2. The first-order valence-corrected chi connectivity index (χ1v) is 7.71. The zero-order chi connectivity index (χ0) is 16.2. The average molecular weight is 326 g/mol. The highest BCUT2D eigenvalue weighted by atomic mass is 35.5. The van der Waals surface area contributed by atoms with E-state index in [2.05, 4.69) is 5.32 Å². The molecule has 1 saturated carbocycles. The first-order valence-electron chi connectivity index (χ1n) is 7.34. The molecule has 1 aliphatic rings. The second-order valence-electron chi connectivity index (χ2n) is 5.67. The lowest BCUT2D eigenvalue weighted by Crippen LogP contribution is -2.44. The van der Waals surface area contributed by atoms with Crippen molar-refractivity contribution in [2.45, 2.75) is 32.1 Å². The van der Waals surface area contributed by atoms with E-state index >= 15 is 0 Å². The minimum absolute atomic E-state index is 0.132. The summed E-state index contributed by atoms with van der Waals surface area (Å²) >= 11 is 5.87. The lowest BCUT2D eigenvalue weighted by Gasteiger charge is -2.33. The van der Waals surface area contributed by atoms with Gasteiger partial charge in [-0.1, -0.05) is 30.9 Å². The number of benzene rings is 1. The van der Waals surface area contributed by atoms with E-state index in [-0.39, 0.29) is 12.5 Å². The standard InChI is InChI=1S/C16H20ClNO4/c1-22-13-9-11(17)5-6-12(13)14(19)18-10-16(15(20)21)7-3-2-4-8-16/h5-6,9H,2-4,7-8,10H2,1H3,(H,18,19)(H,20,21). The molecule has 0 heterocycles. The van der Waals surface area contributed by atoms with Crippen molar-refractivity contribution in [3.63, 3.8) is 0 Å². The summed E-state index contributed by atoms with van der Waals surface area (Å²) in [6.07, 6.45) is 4.01. The van der Waals surface area contributed by atoms with Crippen LogP contribution in [-0.2, 0) is 4.79 Å². The number of amides is 1. The van der Waals surface area contributed by atoms with Gasteiger partial charge in [-0.25, -0.2) is 0 Å². The van der Waals surface area contributed by atoms with Crippen molar-refractivity contribution in [2.75, 3.05) is 13.7 Å². The highest BCUT2D eigenvalue weighted by Gasteiger charge is 2.39. The van der Waals surface area contributed by atoms with Crippen molar-refractivity contribution in [2.24, 2.45) is 5.41 Å². The Morgan fingerprint density at radius 2 is 2.00 bits per heavy atom. The minimum Gasteiger partial charge on any atom is -0.496 e. The maximum absolute atomic E-state index is 12.3. The molecule has 1 fully saturated rings. The molecule has 1 aromatic carbocycles. The summed E-state index contributed by atoms with van der Waals surface area (Å²) in [5.41, 5.74) is -0.503. The third kappa shape index (κ3) is 3.53. The van der Waals surface area contributed by atoms with E-state index in [1.165, 1.54) is 7.11 Å². The summed E-state index contributed by atoms with van der Waals surface area (Å²) in [6.45, 7) is 0.132. The third-order valence-electron chi connectivity index (χ3n) is 4.26. The van der Waals surface area contributed by atoms with Crippen LogP contribution in [-0.4, -0.2) is 30.6 Å². The SMILES string of the molecule is COc1cc(Cl)ccc1C(=O)NCC1(C(=O)O)CCCCC1. The van der Waals surface area contributed by atoms with Crippen LogP contribution < -0.4 is 10.1 Å². The molecule has 120 valence electrons. The molecule has 5 nitrogen and oxygen atoms in total. The van der Waals surface area contributed by atoms with Crippen molar-refractivity contribution < 1.29 is 19.4 Å². The van der Waals surface area contributed by atoms with Crippen LogP contribution in [0.4, 0.5) is 0 Å². The Hall–Kier alpha value is -1.75. The number of methoxy groups -OCH3 is 1. The van der Waals surface area contributed by atoms with Gasteiger partial charge in [0.1, 0.15) is 5.75 Å². The van der Waals surface area contributed by atoms with Crippen LogP contribution in [0.15, 0.2) is 18.2 Å². The van der Waals surface area contributed by atoms with E-state index in [0.29, 0.717) is 29.2 Å². The molecule has 2 N–H and O–H groups in total. The lowest BCUT2D eigenvalue weighted by atomic mass is 9.74. The van der Waals surface area contributed by atoms with Crippen LogP contribution in [0, 0.1) is 5.41 Å². The Morgan fingerprint density at radius 3 is 2.59 bits per heavy atom. The van der Waals surface area contributed by atoms with E-state index in [4.69, 9.17) is 16.3 Å². The smallest absolute Gasteiger partial charge is 0.311 e. The van der Waals surface area contributed by atoms with Gasteiger partial charge < -0.3 is 15.2 Å². The molecule has 1 aliphatic carbocycles. The van der Waals surface area contributed by atoms with Crippen molar-refractivity contribution >= 4 is 23.5 Å². The van der Waals surface area contributed by atoms with Crippen LogP contribution >= 0.6 is 11.6 Å². The molecule has 0 spiro atoms. The van der Waals surface area contributed by atoms with Gasteiger partial charge >= 0.3 is 5.97 Å². The van der Waals surface area contributed by atoms with E-state index in [9.17, 15) is 14.7 Å². The first-order chi connectivity index (χ1) is 10.5. The number of ether oxygens (including phenoxy) is 1. The summed E-state index contributed by atoms with van der Waals surface area (Å²) in [7, 11) is 1.46. The topological polar surface area (TPSA) is 75.6 Å². The molecular formula is C16H20ClNO4. The third-order valence-corrected chi connectivity index (χ3v) is 4.49. The van der Waals surface area contributed by atoms with Crippen LogP contribution in [0.5, 0.6) is 5.75 Å². The maximum Gasteiger partial charge on any atom is 0.311 e. The van der Waals surface area contributed by atoms with E-state index in [0.717, 1.165) is 19.3 Å². The molecule has 0 bridgehead atoms. The van der Waals surface area contributed by atoms with E-state index in [1.807, 2.05) is 0 Å². The Balaban J connectivity index is 2.10. The van der Waals surface area contributed by atoms with Gasteiger partial charge in [0.05, 0.1) is 18.1 Å². The molecule has 0 unspecified atom stereocenters. The molecular weight excluding hydrogens is 306 g/mol. The van der Waals surface area contributed by atoms with Gasteiger partial charge in [0, 0.05) is 11.6 Å². The van der Waals surface area contributed by atoms with Gasteiger partial charge in [-0.15, -0.1) is 0 Å². The Bertz CT molecular complexity index is 567. The molecule has 0 atom stereocenters. The predicted molar refractivity (Wildman–Crippen MR) is 83.5 cm³/mol. The summed E-state index contributed by atoms with van der Waals surface area (Å²) in [6, 6.07) is 4.74. The molecule has 0 saturated heterocycles. The van der Waals surface area contributed by atoms with E-state index < -0.39 is 11.4 Å². The van der Waals surface area contributed by atoms with Crippen LogP contribution in [0.3, 0.4) is 0 Å². The first kappa shape index (κ1) is 16.6. The van der Waals surface area contributed by atoms with Gasteiger partial charge in [0.2, 0.25) is 0 Å². The summed E-state index contributed by atoms with van der Waals surface area (Å²) in [5.74, 6) is -0.812. The van der Waals surface area contributed by atoms with Gasteiger partial charge in [0.15, 0.2) is 0 Å².